The first-order valence-electron chi connectivity index (χ1n) is 6.93. The quantitative estimate of drug-likeness (QED) is 0.658. The molecule has 2 heterocycles. The van der Waals surface area contributed by atoms with Crippen LogP contribution < -0.4 is 10.2 Å². The maximum absolute atomic E-state index is 10.9. The zero-order valence-electron chi connectivity index (χ0n) is 12.2. The molecule has 1 unspecified atom stereocenters. The van der Waals surface area contributed by atoms with Crippen LogP contribution in [0.5, 0.6) is 11.5 Å². The lowest BCUT2D eigenvalue weighted by Crippen LogP contribution is -2.28. The van der Waals surface area contributed by atoms with E-state index in [2.05, 4.69) is 4.98 Å². The fraction of sp³-hybridized carbons (Fsp3) is 0.200. The number of aryl methyl sites for hydroxylation is 1. The Morgan fingerprint density at radius 3 is 2.91 bits per heavy atom. The average Bonchev–Trinajstić information content (AvgIpc) is 2.75. The van der Waals surface area contributed by atoms with Gasteiger partial charge in [0, 0.05) is 12.3 Å². The molecule has 0 aliphatic carbocycles. The third-order valence-electron chi connectivity index (χ3n) is 3.57. The minimum atomic E-state index is -1.17. The van der Waals surface area contributed by atoms with Crippen LogP contribution in [0.1, 0.15) is 23.7 Å². The third kappa shape index (κ3) is 3.31. The monoisotopic (exact) mass is 333 g/mol. The molecule has 6 nitrogen and oxygen atoms in total. The van der Waals surface area contributed by atoms with Gasteiger partial charge in [-0.15, -0.1) is 0 Å². The number of ether oxygens (including phenoxy) is 1. The van der Waals surface area contributed by atoms with Gasteiger partial charge in [-0.2, -0.15) is 0 Å². The minimum Gasteiger partial charge on any atom is -0.481 e. The summed E-state index contributed by atoms with van der Waals surface area (Å²) in [4.78, 5) is 14.8. The zero-order chi connectivity index (χ0) is 16.6. The Morgan fingerprint density at radius 2 is 2.22 bits per heavy atom. The highest BCUT2D eigenvalue weighted by Crippen LogP contribution is 2.33. The summed E-state index contributed by atoms with van der Waals surface area (Å²) in [5.74, 6) is 0.0307. The number of carboxylic acid groups (broad SMARTS) is 1. The summed E-state index contributed by atoms with van der Waals surface area (Å²) < 4.78 is 11.1. The molecule has 3 rings (SSSR count). The lowest BCUT2D eigenvalue weighted by molar-refractivity contribution is -0.138. The molecule has 0 saturated carbocycles. The molecule has 0 spiro atoms. The first-order valence-corrected chi connectivity index (χ1v) is 7.31. The fourth-order valence-corrected chi connectivity index (χ4v) is 2.85. The molecule has 2 N–H and O–H groups in total. The summed E-state index contributed by atoms with van der Waals surface area (Å²) in [5, 5.41) is 19.3. The second kappa shape index (κ2) is 6.19. The van der Waals surface area contributed by atoms with Crippen molar-refractivity contribution in [3.05, 3.63) is 46.7 Å². The average molecular weight is 334 g/mol. The zero-order valence-corrected chi connectivity index (χ0v) is 12.9. The van der Waals surface area contributed by atoms with Gasteiger partial charge in [0.05, 0.1) is 12.5 Å². The summed E-state index contributed by atoms with van der Waals surface area (Å²) in [6, 6.07) is 6.64. The molecule has 0 saturated heterocycles. The lowest BCUT2D eigenvalue weighted by atomic mass is 9.77. The number of hydrogen-bond donors (Lipinski definition) is 2. The molecule has 1 aromatic carbocycles. The van der Waals surface area contributed by atoms with Crippen LogP contribution in [0.4, 0.5) is 0 Å². The molecule has 1 aliphatic rings. The molecule has 23 heavy (non-hydrogen) atoms. The highest BCUT2D eigenvalue weighted by molar-refractivity contribution is 6.62. The molecule has 2 aromatic rings. The summed E-state index contributed by atoms with van der Waals surface area (Å²) in [6.45, 7) is 1.82. The Kier molecular flexibility index (Phi) is 4.25. The number of aromatic nitrogens is 1. The fourth-order valence-electron chi connectivity index (χ4n) is 2.68. The number of benzene rings is 1. The largest absolute Gasteiger partial charge is 0.492 e. The van der Waals surface area contributed by atoms with E-state index >= 15 is 0 Å². The van der Waals surface area contributed by atoms with E-state index in [0.717, 1.165) is 5.56 Å². The van der Waals surface area contributed by atoms with Crippen molar-refractivity contribution in [1.29, 1.82) is 0 Å². The molecule has 1 aliphatic heterocycles. The number of carboxylic acids is 1. The topological polar surface area (TPSA) is 88.9 Å². The van der Waals surface area contributed by atoms with Crippen molar-refractivity contribution in [2.45, 2.75) is 19.4 Å². The van der Waals surface area contributed by atoms with Crippen LogP contribution in [0.25, 0.3) is 0 Å². The maximum atomic E-state index is 10.9. The van der Waals surface area contributed by atoms with Gasteiger partial charge in [-0.1, -0.05) is 11.6 Å². The van der Waals surface area contributed by atoms with E-state index in [1.165, 1.54) is 6.20 Å². The van der Waals surface area contributed by atoms with Crippen LogP contribution in [-0.4, -0.2) is 28.2 Å². The number of halogens is 1. The number of hydrogen-bond acceptors (Lipinski definition) is 5. The molecule has 8 heteroatoms. The van der Waals surface area contributed by atoms with Gasteiger partial charge in [0.25, 0.3) is 0 Å². The molecular weight excluding hydrogens is 320 g/mol. The van der Waals surface area contributed by atoms with E-state index in [9.17, 15) is 9.82 Å². The van der Waals surface area contributed by atoms with Crippen molar-refractivity contribution >= 4 is 30.2 Å². The van der Waals surface area contributed by atoms with Crippen LogP contribution in [0, 0.1) is 6.92 Å². The van der Waals surface area contributed by atoms with Crippen molar-refractivity contribution in [3.63, 3.8) is 0 Å². The van der Waals surface area contributed by atoms with Gasteiger partial charge >= 0.3 is 13.1 Å². The number of carbonyl (C=O) groups is 1. The molecule has 118 valence electrons. The van der Waals surface area contributed by atoms with Gasteiger partial charge in [0.2, 0.25) is 0 Å². The predicted octanol–water partition coefficient (Wildman–Crippen LogP) is 2.07. The Balaban J connectivity index is 1.93. The van der Waals surface area contributed by atoms with Crippen molar-refractivity contribution in [3.8, 4) is 11.5 Å². The minimum absolute atomic E-state index is 0.203. The van der Waals surface area contributed by atoms with E-state index in [0.29, 0.717) is 27.7 Å². The third-order valence-corrected chi connectivity index (χ3v) is 3.77. The highest BCUT2D eigenvalue weighted by atomic mass is 35.5. The van der Waals surface area contributed by atoms with Crippen molar-refractivity contribution in [2.75, 3.05) is 0 Å². The number of nitrogens with zero attached hydrogens (tertiary/aromatic N) is 1. The van der Waals surface area contributed by atoms with Crippen LogP contribution in [0.15, 0.2) is 30.5 Å². The second-order valence-corrected chi connectivity index (χ2v) is 5.62. The van der Waals surface area contributed by atoms with Crippen molar-refractivity contribution in [2.24, 2.45) is 0 Å². The van der Waals surface area contributed by atoms with Crippen LogP contribution >= 0.6 is 11.6 Å². The van der Waals surface area contributed by atoms with Gasteiger partial charge in [-0.3, -0.25) is 4.79 Å². The Labute approximate surface area is 137 Å². The van der Waals surface area contributed by atoms with Gasteiger partial charge in [-0.25, -0.2) is 4.98 Å². The van der Waals surface area contributed by atoms with Crippen LogP contribution in [0.3, 0.4) is 0 Å². The van der Waals surface area contributed by atoms with Gasteiger partial charge in [-0.05, 0) is 41.7 Å². The first-order chi connectivity index (χ1) is 10.9. The molecule has 0 radical (unpaired) electrons. The standard InChI is InChI=1S/C15H13BClNO5/c1-8-4-10(22-9-2-3-18-13(17)6-9)5-11-15(8)12(7-14(19)20)23-16(11)21/h2-6,12,21H,7H2,1H3,(H,19,20). The molecule has 0 bridgehead atoms. The van der Waals surface area contributed by atoms with E-state index in [4.69, 9.17) is 26.1 Å². The molecular formula is C15H13BClNO5. The van der Waals surface area contributed by atoms with E-state index in [1.807, 2.05) is 6.92 Å². The summed E-state index contributed by atoms with van der Waals surface area (Å²) >= 11 is 5.82. The van der Waals surface area contributed by atoms with Gasteiger partial charge in [0.15, 0.2) is 0 Å². The Morgan fingerprint density at radius 1 is 1.43 bits per heavy atom. The van der Waals surface area contributed by atoms with Crippen LogP contribution in [0.2, 0.25) is 5.15 Å². The summed E-state index contributed by atoms with van der Waals surface area (Å²) in [7, 11) is -1.17. The van der Waals surface area contributed by atoms with Crippen LogP contribution in [-0.2, 0) is 9.45 Å². The SMILES string of the molecule is Cc1cc(Oc2ccnc(Cl)c2)cc2c1C(CC(=O)O)OB2O. The molecule has 0 amide bonds. The van der Waals surface area contributed by atoms with Gasteiger partial charge < -0.3 is 19.5 Å². The number of pyridine rings is 1. The number of fused-ring (bicyclic) bond motifs is 1. The molecule has 0 fully saturated rings. The van der Waals surface area contributed by atoms with E-state index < -0.39 is 19.2 Å². The summed E-state index contributed by atoms with van der Waals surface area (Å²) in [6.07, 6.45) is 0.658. The summed E-state index contributed by atoms with van der Waals surface area (Å²) in [5.41, 5.74) is 2.01. The lowest BCUT2D eigenvalue weighted by Gasteiger charge is -2.13. The first kappa shape index (κ1) is 15.8. The van der Waals surface area contributed by atoms with Crippen molar-refractivity contribution < 1.29 is 24.3 Å². The smallest absolute Gasteiger partial charge is 0.481 e. The predicted molar refractivity (Wildman–Crippen MR) is 84.2 cm³/mol. The Bertz CT molecular complexity index is 770. The second-order valence-electron chi connectivity index (χ2n) is 5.23. The normalized spacial score (nSPS) is 16.3. The van der Waals surface area contributed by atoms with Gasteiger partial charge in [0.1, 0.15) is 16.7 Å². The maximum Gasteiger partial charge on any atom is 0.492 e. The van der Waals surface area contributed by atoms with E-state index in [1.54, 1.807) is 24.3 Å². The number of rotatable bonds is 4. The molecule has 1 atom stereocenters. The number of aliphatic carboxylic acids is 1. The highest BCUT2D eigenvalue weighted by Gasteiger charge is 2.37. The van der Waals surface area contributed by atoms with E-state index in [-0.39, 0.29) is 6.42 Å². The van der Waals surface area contributed by atoms with Crippen molar-refractivity contribution in [1.82, 2.24) is 4.98 Å². The Hall–Kier alpha value is -2.09. The molecule has 1 aromatic heterocycles.